The van der Waals surface area contributed by atoms with Crippen molar-refractivity contribution in [2.45, 2.75) is 58.4 Å². The summed E-state index contributed by atoms with van der Waals surface area (Å²) in [5.74, 6) is 0.925. The average Bonchev–Trinajstić information content (AvgIpc) is 2.75. The molecular weight excluding hydrogens is 441 g/mol. The molecule has 0 saturated heterocycles. The molecular formula is C27H41Cl2NO2. The Balaban J connectivity index is 0.00000512. The molecule has 0 bridgehead atoms. The fourth-order valence-electron chi connectivity index (χ4n) is 3.66. The van der Waals surface area contributed by atoms with E-state index in [2.05, 4.69) is 57.4 Å². The minimum Gasteiger partial charge on any atom is -1.00 e. The van der Waals surface area contributed by atoms with Crippen LogP contribution in [0.2, 0.25) is 5.02 Å². The maximum absolute atomic E-state index is 5.97. The van der Waals surface area contributed by atoms with Gasteiger partial charge >= 0.3 is 0 Å². The monoisotopic (exact) mass is 481 g/mol. The molecule has 2 aromatic rings. The van der Waals surface area contributed by atoms with Crippen molar-refractivity contribution in [1.29, 1.82) is 0 Å². The Labute approximate surface area is 207 Å². The van der Waals surface area contributed by atoms with E-state index in [9.17, 15) is 0 Å². The van der Waals surface area contributed by atoms with Gasteiger partial charge in [0.05, 0.1) is 27.3 Å². The summed E-state index contributed by atoms with van der Waals surface area (Å²) in [5, 5.41) is 0.782. The molecule has 0 heterocycles. The van der Waals surface area contributed by atoms with Gasteiger partial charge in [-0.2, -0.15) is 0 Å². The molecule has 180 valence electrons. The van der Waals surface area contributed by atoms with Crippen molar-refractivity contribution in [3.8, 4) is 5.75 Å². The fraction of sp³-hybridized carbons (Fsp3) is 0.556. The molecule has 32 heavy (non-hydrogen) atoms. The maximum Gasteiger partial charge on any atom is 0.119 e. The summed E-state index contributed by atoms with van der Waals surface area (Å²) in [6.45, 7) is 6.10. The first-order valence-electron chi connectivity index (χ1n) is 11.8. The van der Waals surface area contributed by atoms with Gasteiger partial charge in [-0.05, 0) is 42.7 Å². The van der Waals surface area contributed by atoms with Gasteiger partial charge in [0.15, 0.2) is 0 Å². The number of hydrogen-bond donors (Lipinski definition) is 0. The molecule has 0 aromatic heterocycles. The third-order valence-corrected chi connectivity index (χ3v) is 5.86. The number of unbranched alkanes of at least 4 members (excludes halogenated alkanes) is 5. The van der Waals surface area contributed by atoms with Crippen molar-refractivity contribution in [1.82, 2.24) is 0 Å². The van der Waals surface area contributed by atoms with Crippen molar-refractivity contribution >= 4 is 11.6 Å². The highest BCUT2D eigenvalue weighted by Crippen LogP contribution is 2.16. The molecule has 2 aromatic carbocycles. The summed E-state index contributed by atoms with van der Waals surface area (Å²) < 4.78 is 12.5. The topological polar surface area (TPSA) is 18.5 Å². The van der Waals surface area contributed by atoms with E-state index in [1.165, 1.54) is 56.1 Å². The molecule has 0 atom stereocenters. The van der Waals surface area contributed by atoms with E-state index in [1.54, 1.807) is 0 Å². The first-order valence-corrected chi connectivity index (χ1v) is 12.2. The number of quaternary nitrogens is 1. The lowest BCUT2D eigenvalue weighted by atomic mass is 10.0. The van der Waals surface area contributed by atoms with Gasteiger partial charge in [-0.3, -0.25) is 0 Å². The van der Waals surface area contributed by atoms with Crippen molar-refractivity contribution in [3.63, 3.8) is 0 Å². The molecule has 5 heteroatoms. The van der Waals surface area contributed by atoms with Crippen molar-refractivity contribution in [2.75, 3.05) is 40.5 Å². The van der Waals surface area contributed by atoms with Crippen LogP contribution in [0.5, 0.6) is 5.75 Å². The molecule has 0 spiro atoms. The van der Waals surface area contributed by atoms with E-state index in [0.717, 1.165) is 35.0 Å². The first-order chi connectivity index (χ1) is 15.0. The Morgan fingerprint density at radius 2 is 1.38 bits per heavy atom. The first kappa shape index (κ1) is 28.8. The van der Waals surface area contributed by atoms with Gasteiger partial charge in [-0.15, -0.1) is 0 Å². The second-order valence-electron chi connectivity index (χ2n) is 9.07. The molecule has 0 radical (unpaired) electrons. The van der Waals surface area contributed by atoms with Gasteiger partial charge in [0.2, 0.25) is 0 Å². The molecule has 3 nitrogen and oxygen atoms in total. The Bertz CT molecular complexity index is 717. The molecule has 0 aliphatic rings. The highest BCUT2D eigenvalue weighted by molar-refractivity contribution is 6.30. The van der Waals surface area contributed by atoms with E-state index in [4.69, 9.17) is 21.1 Å². The summed E-state index contributed by atoms with van der Waals surface area (Å²) in [6, 6.07) is 16.6. The lowest BCUT2D eigenvalue weighted by molar-refractivity contribution is -0.904. The zero-order chi connectivity index (χ0) is 22.4. The molecule has 2 rings (SSSR count). The predicted molar refractivity (Wildman–Crippen MR) is 132 cm³/mol. The summed E-state index contributed by atoms with van der Waals surface area (Å²) in [6.07, 6.45) is 9.22. The number of nitrogens with zero attached hydrogens (tertiary/aromatic N) is 1. The average molecular weight is 483 g/mol. The van der Waals surface area contributed by atoms with E-state index in [-0.39, 0.29) is 12.4 Å². The molecule has 0 saturated carbocycles. The highest BCUT2D eigenvalue weighted by atomic mass is 35.5. The maximum atomic E-state index is 5.97. The van der Waals surface area contributed by atoms with E-state index in [1.807, 2.05) is 12.1 Å². The second kappa shape index (κ2) is 16.4. The number of rotatable bonds is 16. The smallest absolute Gasteiger partial charge is 0.119 e. The Morgan fingerprint density at radius 1 is 0.750 bits per heavy atom. The zero-order valence-electron chi connectivity index (χ0n) is 20.1. The Morgan fingerprint density at radius 3 is 2.06 bits per heavy atom. The largest absolute Gasteiger partial charge is 1.00 e. The number of ether oxygens (including phenoxy) is 2. The van der Waals surface area contributed by atoms with E-state index < -0.39 is 0 Å². The lowest BCUT2D eigenvalue weighted by Gasteiger charge is -2.29. The molecule has 0 fully saturated rings. The lowest BCUT2D eigenvalue weighted by Crippen LogP contribution is -3.00. The van der Waals surface area contributed by atoms with Gasteiger partial charge in [-0.1, -0.05) is 74.9 Å². The van der Waals surface area contributed by atoms with E-state index >= 15 is 0 Å². The summed E-state index contributed by atoms with van der Waals surface area (Å²) in [4.78, 5) is 0. The van der Waals surface area contributed by atoms with Crippen LogP contribution in [-0.4, -0.2) is 44.9 Å². The van der Waals surface area contributed by atoms with Gasteiger partial charge in [0.25, 0.3) is 0 Å². The predicted octanol–water partition coefficient (Wildman–Crippen LogP) is 3.92. The number of likely N-dealkylation sites (N-methyl/N-ethyl adjacent to an activating group) is 1. The quantitative estimate of drug-likeness (QED) is 0.267. The van der Waals surface area contributed by atoms with Crippen LogP contribution in [0.1, 0.15) is 56.6 Å². The van der Waals surface area contributed by atoms with Crippen molar-refractivity contribution < 1.29 is 26.4 Å². The number of hydrogen-bond acceptors (Lipinski definition) is 2. The van der Waals surface area contributed by atoms with Crippen molar-refractivity contribution in [3.05, 3.63) is 64.7 Å². The standard InChI is InChI=1S/C27H41ClNO2.ClH/c1-4-5-6-7-8-9-10-24-13-17-27(18-14-24)31-22-21-30-20-19-29(2,3)23-25-11-15-26(28)16-12-25;/h11-18H,4-10,19-23H2,1-3H3;1H/q+1;/p-1. The second-order valence-corrected chi connectivity index (χ2v) is 9.50. The van der Waals surface area contributed by atoms with Gasteiger partial charge in [0, 0.05) is 10.6 Å². The third-order valence-electron chi connectivity index (χ3n) is 5.60. The fourth-order valence-corrected chi connectivity index (χ4v) is 3.78. The highest BCUT2D eigenvalue weighted by Gasteiger charge is 2.15. The minimum absolute atomic E-state index is 0. The van der Waals surface area contributed by atoms with Crippen LogP contribution >= 0.6 is 11.6 Å². The summed E-state index contributed by atoms with van der Waals surface area (Å²) >= 11 is 5.97. The summed E-state index contributed by atoms with van der Waals surface area (Å²) in [5.41, 5.74) is 2.69. The zero-order valence-corrected chi connectivity index (χ0v) is 21.6. The van der Waals surface area contributed by atoms with Crippen LogP contribution in [0.25, 0.3) is 0 Å². The Kier molecular flexibility index (Phi) is 14.7. The van der Waals surface area contributed by atoms with Crippen LogP contribution < -0.4 is 17.1 Å². The van der Waals surface area contributed by atoms with Crippen molar-refractivity contribution in [2.24, 2.45) is 0 Å². The third kappa shape index (κ3) is 12.7. The molecule has 0 N–H and O–H groups in total. The van der Waals surface area contributed by atoms with Crippen LogP contribution in [-0.2, 0) is 17.7 Å². The molecule has 0 aliphatic carbocycles. The van der Waals surface area contributed by atoms with Crippen LogP contribution in [0.3, 0.4) is 0 Å². The van der Waals surface area contributed by atoms with Crippen LogP contribution in [0.4, 0.5) is 0 Å². The molecule has 0 amide bonds. The number of benzene rings is 2. The normalized spacial score (nSPS) is 11.2. The minimum atomic E-state index is 0. The summed E-state index contributed by atoms with van der Waals surface area (Å²) in [7, 11) is 4.45. The number of halogens is 2. The Hall–Kier alpha value is -1.26. The SMILES string of the molecule is CCCCCCCCc1ccc(OCCOCC[N+](C)(C)Cc2ccc(Cl)cc2)cc1.[Cl-]. The number of aryl methyl sites for hydroxylation is 1. The molecule has 0 unspecified atom stereocenters. The van der Waals surface area contributed by atoms with Crippen LogP contribution in [0.15, 0.2) is 48.5 Å². The van der Waals surface area contributed by atoms with Gasteiger partial charge in [0.1, 0.15) is 25.4 Å². The van der Waals surface area contributed by atoms with Crippen LogP contribution in [0, 0.1) is 0 Å². The molecule has 0 aliphatic heterocycles. The van der Waals surface area contributed by atoms with E-state index in [0.29, 0.717) is 13.2 Å². The van der Waals surface area contributed by atoms with Gasteiger partial charge < -0.3 is 26.4 Å². The van der Waals surface area contributed by atoms with Gasteiger partial charge in [-0.25, -0.2) is 0 Å².